The molecule has 2 aromatic carbocycles. The third-order valence-electron chi connectivity index (χ3n) is 7.32. The van der Waals surface area contributed by atoms with Crippen molar-refractivity contribution in [3.63, 3.8) is 0 Å². The van der Waals surface area contributed by atoms with Crippen LogP contribution in [0.4, 0.5) is 15.4 Å². The van der Waals surface area contributed by atoms with E-state index in [1.807, 2.05) is 69.3 Å². The molecule has 0 saturated carbocycles. The summed E-state index contributed by atoms with van der Waals surface area (Å²) in [5.41, 5.74) is -0.546. The molecule has 1 aliphatic rings. The summed E-state index contributed by atoms with van der Waals surface area (Å²) in [6.45, 7) is 10.7. The number of hydrogen-bond donors (Lipinski definition) is 2. The van der Waals surface area contributed by atoms with Gasteiger partial charge in [0.2, 0.25) is 0 Å². The van der Waals surface area contributed by atoms with Crippen molar-refractivity contribution < 1.29 is 38.2 Å². The molecule has 2 N–H and O–H groups in total. The summed E-state index contributed by atoms with van der Waals surface area (Å²) in [6, 6.07) is 17.6. The second-order valence-electron chi connectivity index (χ2n) is 14.0. The van der Waals surface area contributed by atoms with E-state index in [1.54, 1.807) is 39.1 Å². The molecule has 0 fully saturated rings. The number of oxime groups is 1. The Balaban J connectivity index is 1.26. The van der Waals surface area contributed by atoms with Crippen LogP contribution in [-0.4, -0.2) is 71.2 Å². The van der Waals surface area contributed by atoms with Gasteiger partial charge in [-0.05, 0) is 77.8 Å². The fraction of sp³-hybridized carbons (Fsp3) is 0.459. The lowest BCUT2D eigenvalue weighted by atomic mass is 10.1. The zero-order valence-electron chi connectivity index (χ0n) is 29.6. The molecule has 2 heterocycles. The minimum atomic E-state index is -1.20. The van der Waals surface area contributed by atoms with E-state index in [2.05, 4.69) is 20.8 Å². The molecule has 1 aliphatic heterocycles. The van der Waals surface area contributed by atoms with E-state index in [0.717, 1.165) is 16.3 Å². The van der Waals surface area contributed by atoms with Gasteiger partial charge in [-0.25, -0.2) is 19.4 Å². The monoisotopic (exact) mass is 689 g/mol. The minimum Gasteiger partial charge on any atom is -0.458 e. The lowest BCUT2D eigenvalue weighted by molar-refractivity contribution is -0.157. The predicted molar refractivity (Wildman–Crippen MR) is 189 cm³/mol. The first kappa shape index (κ1) is 37.6. The zero-order chi connectivity index (χ0) is 36.3. The van der Waals surface area contributed by atoms with Crippen molar-refractivity contribution >= 4 is 46.4 Å². The van der Waals surface area contributed by atoms with Crippen LogP contribution < -0.4 is 15.5 Å². The maximum absolute atomic E-state index is 13.2. The largest absolute Gasteiger partial charge is 0.458 e. The van der Waals surface area contributed by atoms with Crippen molar-refractivity contribution in [1.82, 2.24) is 15.6 Å². The van der Waals surface area contributed by atoms with Crippen molar-refractivity contribution in [3.8, 4) is 0 Å². The smallest absolute Gasteiger partial charge is 0.416 e. The van der Waals surface area contributed by atoms with E-state index in [9.17, 15) is 19.2 Å². The number of nitrogens with one attached hydrogen (secondary N) is 2. The molecule has 3 amide bonds. The Morgan fingerprint density at radius 3 is 2.30 bits per heavy atom. The molecule has 0 spiro atoms. The first-order valence-corrected chi connectivity index (χ1v) is 16.7. The van der Waals surface area contributed by atoms with Gasteiger partial charge in [-0.1, -0.05) is 59.8 Å². The Morgan fingerprint density at radius 1 is 0.920 bits per heavy atom. The molecule has 2 atom stereocenters. The molecule has 0 radical (unpaired) electrons. The SMILES string of the molecule is CC(C)(C)OC(=O)[C@H](CNC(=O)C1=NOC(CCCCN(C(=O)OC(C)(C)C)c2cc3ccccc3cn2)C1)NC(=O)OCc1ccccc1. The van der Waals surface area contributed by atoms with Gasteiger partial charge in [0.05, 0.1) is 0 Å². The molecule has 0 bridgehead atoms. The number of benzene rings is 2. The van der Waals surface area contributed by atoms with Crippen LogP contribution in [0, 0.1) is 0 Å². The van der Waals surface area contributed by atoms with E-state index in [1.165, 1.54) is 4.90 Å². The van der Waals surface area contributed by atoms with Crippen molar-refractivity contribution in [1.29, 1.82) is 0 Å². The summed E-state index contributed by atoms with van der Waals surface area (Å²) in [5.74, 6) is -0.753. The number of hydrogen-bond acceptors (Lipinski definition) is 10. The highest BCUT2D eigenvalue weighted by Gasteiger charge is 2.31. The van der Waals surface area contributed by atoms with Gasteiger partial charge in [-0.15, -0.1) is 0 Å². The van der Waals surface area contributed by atoms with Crippen LogP contribution in [-0.2, 0) is 35.2 Å². The van der Waals surface area contributed by atoms with Crippen LogP contribution in [0.3, 0.4) is 0 Å². The second kappa shape index (κ2) is 17.0. The summed E-state index contributed by atoms with van der Waals surface area (Å²) in [6.07, 6.45) is 2.24. The number of unbranched alkanes of at least 4 members (excludes halogenated alkanes) is 1. The van der Waals surface area contributed by atoms with Gasteiger partial charge in [0.1, 0.15) is 41.5 Å². The lowest BCUT2D eigenvalue weighted by Crippen LogP contribution is -2.51. The average molecular weight is 690 g/mol. The highest BCUT2D eigenvalue weighted by atomic mass is 16.6. The highest BCUT2D eigenvalue weighted by Crippen LogP contribution is 2.23. The summed E-state index contributed by atoms with van der Waals surface area (Å²) < 4.78 is 16.4. The van der Waals surface area contributed by atoms with E-state index < -0.39 is 41.3 Å². The van der Waals surface area contributed by atoms with Crippen molar-refractivity contribution in [2.45, 2.75) is 97.2 Å². The average Bonchev–Trinajstić information content (AvgIpc) is 3.53. The van der Waals surface area contributed by atoms with Crippen LogP contribution in [0.2, 0.25) is 0 Å². The fourth-order valence-electron chi connectivity index (χ4n) is 4.97. The summed E-state index contributed by atoms with van der Waals surface area (Å²) >= 11 is 0. The van der Waals surface area contributed by atoms with Crippen LogP contribution in [0.15, 0.2) is 72.0 Å². The number of alkyl carbamates (subject to hydrolysis) is 1. The van der Waals surface area contributed by atoms with Crippen molar-refractivity contribution in [3.05, 3.63) is 72.4 Å². The Kier molecular flexibility index (Phi) is 12.8. The standard InChI is InChI=1S/C37H47N5O8/c1-36(2,3)48-33(44)30(40-34(45)47-24-25-14-8-7-9-15-25)23-39-32(43)29-21-28(50-41-29)18-12-13-19-42(35(46)49-37(4,5)6)31-20-26-16-10-11-17-27(26)22-38-31/h7-11,14-17,20,22,28,30H,12-13,18-19,21,23-24H2,1-6H3,(H,39,43)(H,40,45)/t28?,30-/m0/s1. The summed E-state index contributed by atoms with van der Waals surface area (Å²) in [5, 5.41) is 11.0. The number of fused-ring (bicyclic) bond motifs is 1. The van der Waals surface area contributed by atoms with Gasteiger partial charge in [0.15, 0.2) is 0 Å². The number of anilines is 1. The van der Waals surface area contributed by atoms with Gasteiger partial charge in [-0.3, -0.25) is 9.69 Å². The Morgan fingerprint density at radius 2 is 1.60 bits per heavy atom. The first-order chi connectivity index (χ1) is 23.7. The molecule has 50 heavy (non-hydrogen) atoms. The number of nitrogens with zero attached hydrogens (tertiary/aromatic N) is 3. The third kappa shape index (κ3) is 12.0. The second-order valence-corrected chi connectivity index (χ2v) is 14.0. The van der Waals surface area contributed by atoms with Gasteiger partial charge < -0.3 is 29.7 Å². The molecule has 3 aromatic rings. The molecule has 13 nitrogen and oxygen atoms in total. The third-order valence-corrected chi connectivity index (χ3v) is 7.32. The molecular weight excluding hydrogens is 642 g/mol. The number of ether oxygens (including phenoxy) is 3. The summed E-state index contributed by atoms with van der Waals surface area (Å²) in [4.78, 5) is 63.1. The molecular formula is C37H47N5O8. The van der Waals surface area contributed by atoms with Crippen LogP contribution in [0.5, 0.6) is 0 Å². The number of aromatic nitrogens is 1. The Labute approximate surface area is 292 Å². The van der Waals surface area contributed by atoms with Crippen molar-refractivity contribution in [2.75, 3.05) is 18.0 Å². The predicted octanol–water partition coefficient (Wildman–Crippen LogP) is 6.04. The number of carbonyl (C=O) groups excluding carboxylic acids is 4. The van der Waals surface area contributed by atoms with Crippen LogP contribution >= 0.6 is 0 Å². The van der Waals surface area contributed by atoms with Gasteiger partial charge in [0.25, 0.3) is 5.91 Å². The number of amides is 3. The minimum absolute atomic E-state index is 0.00890. The van der Waals surface area contributed by atoms with Crippen LogP contribution in [0.25, 0.3) is 10.8 Å². The van der Waals surface area contributed by atoms with Gasteiger partial charge >= 0.3 is 18.2 Å². The zero-order valence-corrected chi connectivity index (χ0v) is 29.6. The topological polar surface area (TPSA) is 158 Å². The number of esters is 1. The molecule has 1 aromatic heterocycles. The number of rotatable bonds is 13. The Hall–Kier alpha value is -5.20. The molecule has 1 unspecified atom stereocenters. The maximum atomic E-state index is 13.2. The van der Waals surface area contributed by atoms with E-state index in [-0.39, 0.29) is 31.4 Å². The number of carbonyl (C=O) groups is 4. The molecule has 13 heteroatoms. The highest BCUT2D eigenvalue weighted by molar-refractivity contribution is 6.39. The van der Waals surface area contributed by atoms with E-state index in [4.69, 9.17) is 19.0 Å². The maximum Gasteiger partial charge on any atom is 0.416 e. The number of pyridine rings is 1. The quantitative estimate of drug-likeness (QED) is 0.124. The van der Waals surface area contributed by atoms with Crippen LogP contribution in [0.1, 0.15) is 72.8 Å². The molecule has 4 rings (SSSR count). The fourth-order valence-corrected chi connectivity index (χ4v) is 4.97. The Bertz CT molecular complexity index is 1670. The molecule has 0 aliphatic carbocycles. The van der Waals surface area contributed by atoms with Crippen molar-refractivity contribution in [2.24, 2.45) is 5.16 Å². The van der Waals surface area contributed by atoms with Gasteiger partial charge in [-0.2, -0.15) is 0 Å². The van der Waals surface area contributed by atoms with E-state index in [0.29, 0.717) is 31.6 Å². The van der Waals surface area contributed by atoms with E-state index >= 15 is 0 Å². The normalized spacial score (nSPS) is 14.9. The first-order valence-electron chi connectivity index (χ1n) is 16.7. The molecule has 268 valence electrons. The summed E-state index contributed by atoms with van der Waals surface area (Å²) in [7, 11) is 0. The van der Waals surface area contributed by atoms with Gasteiger partial charge in [0, 0.05) is 31.1 Å². The molecule has 0 saturated heterocycles. The lowest BCUT2D eigenvalue weighted by Gasteiger charge is -2.27.